The number of carbonyl (C=O) groups excluding carboxylic acids is 3. The molecule has 0 aliphatic heterocycles. The highest BCUT2D eigenvalue weighted by atomic mass is 16.5. The van der Waals surface area contributed by atoms with Gasteiger partial charge in [0.25, 0.3) is 0 Å². The van der Waals surface area contributed by atoms with E-state index in [4.69, 9.17) is 20.1 Å². The second-order valence-electron chi connectivity index (χ2n) is 4.52. The van der Waals surface area contributed by atoms with E-state index in [1.54, 1.807) is 6.92 Å². The van der Waals surface area contributed by atoms with Gasteiger partial charge in [-0.25, -0.2) is 4.79 Å². The van der Waals surface area contributed by atoms with Crippen molar-refractivity contribution in [1.82, 2.24) is 5.32 Å². The topological polar surface area (TPSA) is 98.5 Å². The molecule has 0 amide bonds. The Kier molecular flexibility index (Phi) is 83.9. The van der Waals surface area contributed by atoms with Crippen LogP contribution in [0.5, 0.6) is 0 Å². The zero-order valence-electron chi connectivity index (χ0n) is 19.2. The Morgan fingerprint density at radius 2 is 1.33 bits per heavy atom. The maximum Gasteiger partial charge on any atom is 0.333 e. The fraction of sp³-hybridized carbons (Fsp3) is 0.762. The van der Waals surface area contributed by atoms with Crippen LogP contribution in [0.2, 0.25) is 0 Å². The van der Waals surface area contributed by atoms with Gasteiger partial charge in [0.1, 0.15) is 20.2 Å². The molecule has 0 aromatic heterocycles. The van der Waals surface area contributed by atoms with E-state index in [1.807, 2.05) is 41.3 Å². The van der Waals surface area contributed by atoms with Crippen LogP contribution in [0.25, 0.3) is 0 Å². The lowest BCUT2D eigenvalue weighted by atomic mass is 10.3. The summed E-state index contributed by atoms with van der Waals surface area (Å²) in [7, 11) is 0. The Bertz CT molecular complexity index is 244. The molecular weight excluding hydrogens is 344 g/mol. The third-order valence-electron chi connectivity index (χ3n) is 2.38. The third-order valence-corrected chi connectivity index (χ3v) is 2.38. The molecule has 6 heteroatoms. The van der Waals surface area contributed by atoms with Gasteiger partial charge < -0.3 is 25.4 Å². The average Bonchev–Trinajstić information content (AvgIpc) is 2.75. The molecule has 0 rings (SSSR count). The zero-order valence-corrected chi connectivity index (χ0v) is 19.2. The zero-order chi connectivity index (χ0) is 22.9. The van der Waals surface area contributed by atoms with Gasteiger partial charge in [0.2, 0.25) is 0 Å². The second-order valence-corrected chi connectivity index (χ2v) is 4.52. The summed E-state index contributed by atoms with van der Waals surface area (Å²) in [6.45, 7) is 24.4. The molecule has 0 aliphatic rings. The minimum absolute atomic E-state index is 0.308. The van der Waals surface area contributed by atoms with Crippen LogP contribution >= 0.6 is 0 Å². The average molecular weight is 393 g/mol. The van der Waals surface area contributed by atoms with Gasteiger partial charge in [0.05, 0.1) is 0 Å². The van der Waals surface area contributed by atoms with Crippen molar-refractivity contribution >= 4 is 19.5 Å². The first kappa shape index (κ1) is 40.2. The lowest BCUT2D eigenvalue weighted by molar-refractivity contribution is -0.138. The van der Waals surface area contributed by atoms with Crippen molar-refractivity contribution in [3.8, 4) is 0 Å². The molecule has 27 heavy (non-hydrogen) atoms. The number of hydrogen-bond donors (Lipinski definition) is 2. The summed E-state index contributed by atoms with van der Waals surface area (Å²) < 4.78 is 4.88. The molecule has 0 aliphatic carbocycles. The lowest BCUT2D eigenvalue weighted by Crippen LogP contribution is -2.22. The predicted octanol–water partition coefficient (Wildman–Crippen LogP) is 4.31. The fourth-order valence-corrected chi connectivity index (χ4v) is 1.16. The molecule has 0 unspecified atom stereocenters. The van der Waals surface area contributed by atoms with Crippen LogP contribution in [0.1, 0.15) is 80.6 Å². The number of esters is 1. The van der Waals surface area contributed by atoms with E-state index in [-0.39, 0.29) is 5.97 Å². The van der Waals surface area contributed by atoms with Crippen LogP contribution in [0.15, 0.2) is 12.2 Å². The maximum atomic E-state index is 10.9. The third kappa shape index (κ3) is 68.1. The van der Waals surface area contributed by atoms with Crippen LogP contribution in [0.3, 0.4) is 0 Å². The van der Waals surface area contributed by atoms with Gasteiger partial charge in [-0.15, -0.1) is 0 Å². The minimum Gasteiger partial charge on any atom is -0.461 e. The van der Waals surface area contributed by atoms with Crippen molar-refractivity contribution in [3.63, 3.8) is 0 Å². The summed E-state index contributed by atoms with van der Waals surface area (Å²) in [5.74, 6) is -0.308. The monoisotopic (exact) mass is 392 g/mol. The molecule has 0 aromatic rings. The number of carbonyl (C=O) groups is 3. The Morgan fingerprint density at radius 1 is 0.889 bits per heavy atom. The molecule has 166 valence electrons. The summed E-state index contributed by atoms with van der Waals surface area (Å²) in [5.41, 5.74) is 5.67. The molecule has 6 nitrogen and oxygen atoms in total. The Hall–Kier alpha value is -1.53. The standard InChI is InChI=1S/C10H19NO2.C5H13N.2C2H6.2CH2O/c1-4-5-6-11-7-8-13-10(12)9(2)3;1-2-3-4-5-6;4*1-2/h11H,2,4-8H2,1,3H3;2-6H2,1H3;2*1-2H3;2*1H2. The van der Waals surface area contributed by atoms with Gasteiger partial charge >= 0.3 is 5.97 Å². The van der Waals surface area contributed by atoms with Gasteiger partial charge in [-0.2, -0.15) is 0 Å². The molecule has 0 radical (unpaired) electrons. The highest BCUT2D eigenvalue weighted by Gasteiger charge is 2.00. The molecule has 0 atom stereocenters. The SMILES string of the molecule is C=C(C)C(=O)OCCNCCCC.C=O.C=O.CC.CC.CCCCCN. The first-order chi connectivity index (χ1) is 13.1. The first-order valence-electron chi connectivity index (χ1n) is 9.91. The number of hydrogen-bond acceptors (Lipinski definition) is 6. The van der Waals surface area contributed by atoms with Crippen molar-refractivity contribution < 1.29 is 19.1 Å². The molecule has 0 saturated carbocycles. The minimum atomic E-state index is -0.308. The van der Waals surface area contributed by atoms with Crippen molar-refractivity contribution in [2.24, 2.45) is 5.73 Å². The molecule has 0 spiro atoms. The molecule has 0 bridgehead atoms. The maximum absolute atomic E-state index is 10.9. The Balaban J connectivity index is -0.0000000659. The van der Waals surface area contributed by atoms with Crippen molar-refractivity contribution in [3.05, 3.63) is 12.2 Å². The van der Waals surface area contributed by atoms with Gasteiger partial charge in [-0.05, 0) is 32.9 Å². The van der Waals surface area contributed by atoms with E-state index < -0.39 is 0 Å². The number of nitrogens with two attached hydrogens (primary N) is 1. The number of ether oxygens (including phenoxy) is 1. The number of nitrogens with one attached hydrogen (secondary N) is 1. The smallest absolute Gasteiger partial charge is 0.333 e. The van der Waals surface area contributed by atoms with Gasteiger partial charge in [0.15, 0.2) is 0 Å². The van der Waals surface area contributed by atoms with Crippen molar-refractivity contribution in [2.45, 2.75) is 80.6 Å². The van der Waals surface area contributed by atoms with Gasteiger partial charge in [-0.3, -0.25) is 0 Å². The summed E-state index contributed by atoms with van der Waals surface area (Å²) >= 11 is 0. The molecular formula is C21H48N2O4. The van der Waals surface area contributed by atoms with E-state index in [0.717, 1.165) is 26.1 Å². The highest BCUT2D eigenvalue weighted by Crippen LogP contribution is 1.90. The normalized spacial score (nSPS) is 7.41. The quantitative estimate of drug-likeness (QED) is 0.326. The van der Waals surface area contributed by atoms with Gasteiger partial charge in [0, 0.05) is 12.1 Å². The molecule has 0 saturated heterocycles. The first-order valence-corrected chi connectivity index (χ1v) is 9.91. The van der Waals surface area contributed by atoms with E-state index in [1.165, 1.54) is 25.7 Å². The molecule has 3 N–H and O–H groups in total. The van der Waals surface area contributed by atoms with Crippen molar-refractivity contribution in [2.75, 3.05) is 26.2 Å². The van der Waals surface area contributed by atoms with Crippen LogP contribution in [-0.4, -0.2) is 45.8 Å². The van der Waals surface area contributed by atoms with E-state index >= 15 is 0 Å². The van der Waals surface area contributed by atoms with Crippen LogP contribution in [-0.2, 0) is 19.1 Å². The van der Waals surface area contributed by atoms with Crippen LogP contribution in [0.4, 0.5) is 0 Å². The lowest BCUT2D eigenvalue weighted by Gasteiger charge is -2.05. The predicted molar refractivity (Wildman–Crippen MR) is 119 cm³/mol. The van der Waals surface area contributed by atoms with Crippen molar-refractivity contribution in [1.29, 1.82) is 0 Å². The molecule has 0 aromatic carbocycles. The summed E-state index contributed by atoms with van der Waals surface area (Å²) in [6, 6.07) is 0. The Labute approximate surface area is 169 Å². The number of unbranched alkanes of at least 4 members (excludes halogenated alkanes) is 3. The number of rotatable bonds is 10. The summed E-state index contributed by atoms with van der Waals surface area (Å²) in [4.78, 5) is 26.9. The second kappa shape index (κ2) is 56.3. The van der Waals surface area contributed by atoms with Crippen LogP contribution < -0.4 is 11.1 Å². The largest absolute Gasteiger partial charge is 0.461 e. The highest BCUT2D eigenvalue weighted by molar-refractivity contribution is 5.86. The van der Waals surface area contributed by atoms with Gasteiger partial charge in [-0.1, -0.05) is 67.4 Å². The molecule has 0 fully saturated rings. The summed E-state index contributed by atoms with van der Waals surface area (Å²) in [6.07, 6.45) is 6.09. The molecule has 0 heterocycles. The Morgan fingerprint density at radius 3 is 1.63 bits per heavy atom. The fourth-order valence-electron chi connectivity index (χ4n) is 1.16. The van der Waals surface area contributed by atoms with E-state index in [2.05, 4.69) is 25.7 Å². The summed E-state index contributed by atoms with van der Waals surface area (Å²) in [5, 5.41) is 3.17. The van der Waals surface area contributed by atoms with Crippen LogP contribution in [0, 0.1) is 0 Å². The van der Waals surface area contributed by atoms with E-state index in [9.17, 15) is 4.79 Å². The van der Waals surface area contributed by atoms with E-state index in [0.29, 0.717) is 12.2 Å².